The standard InChI is InChI=1S/C21H14FN3O4S/c22-13-9-5-4-8-12(13)17-15-19(28)18(21(29)23-10-14(26)27)24-16(20(15)30-25-17)11-6-2-1-3-7-11/h1-9,28H,10H2,(H,23,29)(H,26,27). The van der Waals surface area contributed by atoms with E-state index in [9.17, 15) is 19.1 Å². The average Bonchev–Trinajstić information content (AvgIpc) is 3.19. The zero-order chi connectivity index (χ0) is 21.3. The number of pyridine rings is 1. The third-order valence-corrected chi connectivity index (χ3v) is 5.24. The first-order valence-electron chi connectivity index (χ1n) is 8.80. The number of carbonyl (C=O) groups is 2. The molecular weight excluding hydrogens is 409 g/mol. The van der Waals surface area contributed by atoms with E-state index in [1.807, 2.05) is 6.07 Å². The van der Waals surface area contributed by atoms with Crippen LogP contribution in [0.2, 0.25) is 0 Å². The van der Waals surface area contributed by atoms with Crippen LogP contribution in [0.25, 0.3) is 32.6 Å². The van der Waals surface area contributed by atoms with Gasteiger partial charge in [-0.15, -0.1) is 0 Å². The first-order chi connectivity index (χ1) is 14.5. The fraction of sp³-hybridized carbons (Fsp3) is 0.0476. The second kappa shape index (κ2) is 7.88. The van der Waals surface area contributed by atoms with Crippen LogP contribution in [-0.4, -0.2) is 38.0 Å². The predicted molar refractivity (Wildman–Crippen MR) is 110 cm³/mol. The molecule has 0 aliphatic heterocycles. The summed E-state index contributed by atoms with van der Waals surface area (Å²) < 4.78 is 19.2. The number of carboxylic acids is 1. The Morgan fingerprint density at radius 1 is 1.03 bits per heavy atom. The molecule has 9 heteroatoms. The van der Waals surface area contributed by atoms with Crippen LogP contribution < -0.4 is 5.32 Å². The molecule has 4 rings (SSSR count). The Morgan fingerprint density at radius 2 is 1.73 bits per heavy atom. The number of hydrogen-bond donors (Lipinski definition) is 3. The molecule has 3 N–H and O–H groups in total. The molecule has 2 aromatic carbocycles. The van der Waals surface area contributed by atoms with Gasteiger partial charge in [-0.25, -0.2) is 9.37 Å². The van der Waals surface area contributed by atoms with Crippen molar-refractivity contribution in [2.45, 2.75) is 0 Å². The molecule has 150 valence electrons. The lowest BCUT2D eigenvalue weighted by Crippen LogP contribution is -2.30. The average molecular weight is 423 g/mol. The summed E-state index contributed by atoms with van der Waals surface area (Å²) in [5.41, 5.74) is 1.03. The SMILES string of the molecule is O=C(O)CNC(=O)c1nc(-c2ccccc2)c2snc(-c3ccccc3F)c2c1O. The Balaban J connectivity index is 2.00. The molecule has 0 spiro atoms. The highest BCUT2D eigenvalue weighted by atomic mass is 32.1. The minimum Gasteiger partial charge on any atom is -0.505 e. The van der Waals surface area contributed by atoms with Crippen LogP contribution >= 0.6 is 11.5 Å². The number of amides is 1. The second-order valence-corrected chi connectivity index (χ2v) is 7.09. The monoisotopic (exact) mass is 423 g/mol. The number of aliphatic carboxylic acids is 1. The maximum Gasteiger partial charge on any atom is 0.322 e. The Kier molecular flexibility index (Phi) is 5.11. The first kappa shape index (κ1) is 19.5. The van der Waals surface area contributed by atoms with E-state index in [-0.39, 0.29) is 22.3 Å². The third kappa shape index (κ3) is 3.46. The number of aromatic nitrogens is 2. The number of halogens is 1. The summed E-state index contributed by atoms with van der Waals surface area (Å²) in [6.07, 6.45) is 0. The van der Waals surface area contributed by atoms with Gasteiger partial charge >= 0.3 is 5.97 Å². The molecule has 2 heterocycles. The van der Waals surface area contributed by atoms with Gasteiger partial charge in [-0.1, -0.05) is 42.5 Å². The highest BCUT2D eigenvalue weighted by molar-refractivity contribution is 7.14. The zero-order valence-corrected chi connectivity index (χ0v) is 16.1. The summed E-state index contributed by atoms with van der Waals surface area (Å²) in [5, 5.41) is 22.1. The van der Waals surface area contributed by atoms with Gasteiger partial charge in [0.1, 0.15) is 12.4 Å². The van der Waals surface area contributed by atoms with Crippen molar-refractivity contribution in [2.24, 2.45) is 0 Å². The molecule has 0 fully saturated rings. The number of nitrogens with one attached hydrogen (secondary N) is 1. The Morgan fingerprint density at radius 3 is 2.43 bits per heavy atom. The normalized spacial score (nSPS) is 10.8. The van der Waals surface area contributed by atoms with E-state index in [2.05, 4.69) is 14.7 Å². The number of aromatic hydroxyl groups is 1. The summed E-state index contributed by atoms with van der Waals surface area (Å²) in [6, 6.07) is 14.9. The highest BCUT2D eigenvalue weighted by Gasteiger charge is 2.25. The molecule has 30 heavy (non-hydrogen) atoms. The van der Waals surface area contributed by atoms with Crippen molar-refractivity contribution in [2.75, 3.05) is 6.54 Å². The van der Waals surface area contributed by atoms with Crippen LogP contribution in [0.5, 0.6) is 5.75 Å². The van der Waals surface area contributed by atoms with E-state index >= 15 is 0 Å². The summed E-state index contributed by atoms with van der Waals surface area (Å²) in [6.45, 7) is -0.638. The van der Waals surface area contributed by atoms with E-state index in [0.29, 0.717) is 16.0 Å². The van der Waals surface area contributed by atoms with Gasteiger partial charge in [0.15, 0.2) is 11.4 Å². The van der Waals surface area contributed by atoms with Crippen molar-refractivity contribution in [1.82, 2.24) is 14.7 Å². The first-order valence-corrected chi connectivity index (χ1v) is 9.57. The van der Waals surface area contributed by atoms with Gasteiger partial charge in [0.2, 0.25) is 0 Å². The summed E-state index contributed by atoms with van der Waals surface area (Å²) >= 11 is 1.03. The van der Waals surface area contributed by atoms with Gasteiger partial charge in [0.05, 0.1) is 21.5 Å². The molecule has 0 saturated heterocycles. The number of carboxylic acid groups (broad SMARTS) is 1. The molecule has 0 bridgehead atoms. The Labute approximate surface area is 173 Å². The van der Waals surface area contributed by atoms with E-state index in [1.165, 1.54) is 18.2 Å². The Bertz CT molecular complexity index is 1270. The minimum absolute atomic E-state index is 0.168. The van der Waals surface area contributed by atoms with E-state index < -0.39 is 30.0 Å². The molecule has 4 aromatic rings. The summed E-state index contributed by atoms with van der Waals surface area (Å²) in [5.74, 6) is -3.12. The third-order valence-electron chi connectivity index (χ3n) is 4.38. The molecule has 0 unspecified atom stereocenters. The number of nitrogens with zero attached hydrogens (tertiary/aromatic N) is 2. The molecular formula is C21H14FN3O4S. The second-order valence-electron chi connectivity index (χ2n) is 6.32. The lowest BCUT2D eigenvalue weighted by Gasteiger charge is -2.10. The largest absolute Gasteiger partial charge is 0.505 e. The van der Waals surface area contributed by atoms with Crippen molar-refractivity contribution in [3.05, 3.63) is 66.1 Å². The minimum atomic E-state index is -1.24. The predicted octanol–water partition coefficient (Wildman–Crippen LogP) is 3.68. The molecule has 0 aliphatic rings. The van der Waals surface area contributed by atoms with Crippen LogP contribution in [0.15, 0.2) is 54.6 Å². The Hall–Kier alpha value is -3.85. The van der Waals surface area contributed by atoms with Gasteiger partial charge in [0.25, 0.3) is 5.91 Å². The van der Waals surface area contributed by atoms with E-state index in [0.717, 1.165) is 11.5 Å². The molecule has 0 radical (unpaired) electrons. The van der Waals surface area contributed by atoms with Crippen molar-refractivity contribution in [1.29, 1.82) is 0 Å². The van der Waals surface area contributed by atoms with Crippen LogP contribution in [0.4, 0.5) is 4.39 Å². The zero-order valence-electron chi connectivity index (χ0n) is 15.3. The number of benzene rings is 2. The fourth-order valence-corrected chi connectivity index (χ4v) is 3.94. The molecule has 2 aromatic heterocycles. The van der Waals surface area contributed by atoms with Gasteiger partial charge in [-0.05, 0) is 23.7 Å². The maximum absolute atomic E-state index is 14.4. The van der Waals surface area contributed by atoms with Crippen molar-refractivity contribution >= 4 is 33.5 Å². The van der Waals surface area contributed by atoms with Crippen LogP contribution in [0.3, 0.4) is 0 Å². The summed E-state index contributed by atoms with van der Waals surface area (Å²) in [7, 11) is 0. The number of hydrogen-bond acceptors (Lipinski definition) is 6. The topological polar surface area (TPSA) is 112 Å². The van der Waals surface area contributed by atoms with Gasteiger partial charge in [0, 0.05) is 11.1 Å². The van der Waals surface area contributed by atoms with Gasteiger partial charge < -0.3 is 15.5 Å². The smallest absolute Gasteiger partial charge is 0.322 e. The van der Waals surface area contributed by atoms with Crippen molar-refractivity contribution < 1.29 is 24.2 Å². The van der Waals surface area contributed by atoms with E-state index in [1.54, 1.807) is 30.3 Å². The molecule has 0 saturated carbocycles. The maximum atomic E-state index is 14.4. The lowest BCUT2D eigenvalue weighted by molar-refractivity contribution is -0.135. The molecule has 7 nitrogen and oxygen atoms in total. The van der Waals surface area contributed by atoms with Crippen LogP contribution in [0.1, 0.15) is 10.5 Å². The number of fused-ring (bicyclic) bond motifs is 1. The number of rotatable bonds is 5. The highest BCUT2D eigenvalue weighted by Crippen LogP contribution is 2.43. The number of carbonyl (C=O) groups excluding carboxylic acids is 1. The quantitative estimate of drug-likeness (QED) is 0.451. The summed E-state index contributed by atoms with van der Waals surface area (Å²) in [4.78, 5) is 27.7. The van der Waals surface area contributed by atoms with Crippen molar-refractivity contribution in [3.63, 3.8) is 0 Å². The van der Waals surface area contributed by atoms with Crippen LogP contribution in [0, 0.1) is 5.82 Å². The lowest BCUT2D eigenvalue weighted by atomic mass is 10.0. The molecule has 1 amide bonds. The van der Waals surface area contributed by atoms with Crippen LogP contribution in [-0.2, 0) is 4.79 Å². The van der Waals surface area contributed by atoms with Crippen molar-refractivity contribution in [3.8, 4) is 28.3 Å². The molecule has 0 atom stereocenters. The molecule has 0 aliphatic carbocycles. The van der Waals surface area contributed by atoms with Gasteiger partial charge in [-0.3, -0.25) is 9.59 Å². The van der Waals surface area contributed by atoms with Gasteiger partial charge in [-0.2, -0.15) is 4.37 Å². The van der Waals surface area contributed by atoms with E-state index in [4.69, 9.17) is 5.11 Å². The fourth-order valence-electron chi connectivity index (χ4n) is 3.03.